The van der Waals surface area contributed by atoms with Crippen LogP contribution in [0, 0.1) is 0 Å². The van der Waals surface area contributed by atoms with Crippen LogP contribution in [-0.2, 0) is 9.53 Å². The van der Waals surface area contributed by atoms with Crippen LogP contribution in [0.5, 0.6) is 0 Å². The zero-order chi connectivity index (χ0) is 9.84. The van der Waals surface area contributed by atoms with E-state index in [1.54, 1.807) is 0 Å². The number of likely N-dealkylation sites (tertiary alicyclic amines) is 1. The van der Waals surface area contributed by atoms with Crippen LogP contribution >= 0.6 is 0 Å². The summed E-state index contributed by atoms with van der Waals surface area (Å²) in [5.41, 5.74) is 0. The van der Waals surface area contributed by atoms with Crippen molar-refractivity contribution in [3.05, 3.63) is 12.8 Å². The quantitative estimate of drug-likeness (QED) is 0.646. The van der Waals surface area contributed by atoms with Gasteiger partial charge in [-0.3, -0.25) is 4.90 Å². The van der Waals surface area contributed by atoms with Gasteiger partial charge in [-0.15, -0.1) is 0 Å². The maximum absolute atomic E-state index is 11.1. The predicted octanol–water partition coefficient (Wildman–Crippen LogP) is 0.816. The third-order valence-corrected chi connectivity index (χ3v) is 1.96. The Labute approximate surface area is 75.6 Å². The minimum absolute atomic E-state index is 0.434. The molecule has 1 amide bonds. The molecule has 0 radical (unpaired) electrons. The summed E-state index contributed by atoms with van der Waals surface area (Å²) < 4.78 is 4.49. The first kappa shape index (κ1) is 9.57. The maximum atomic E-state index is 11.1. The number of nitrogens with zero attached hydrogens (tertiary/aromatic N) is 1. The van der Waals surface area contributed by atoms with Crippen molar-refractivity contribution >= 4 is 12.1 Å². The van der Waals surface area contributed by atoms with Crippen molar-refractivity contribution in [2.45, 2.75) is 18.9 Å². The van der Waals surface area contributed by atoms with E-state index < -0.39 is 18.1 Å². The summed E-state index contributed by atoms with van der Waals surface area (Å²) in [5.74, 6) is -0.987. The van der Waals surface area contributed by atoms with Gasteiger partial charge >= 0.3 is 12.1 Å². The molecule has 0 saturated carbocycles. The highest BCUT2D eigenvalue weighted by Crippen LogP contribution is 2.18. The van der Waals surface area contributed by atoms with Crippen LogP contribution in [0.3, 0.4) is 0 Å². The highest BCUT2D eigenvalue weighted by molar-refractivity contribution is 5.80. The average molecular weight is 185 g/mol. The topological polar surface area (TPSA) is 66.8 Å². The Kier molecular flexibility index (Phi) is 2.89. The van der Waals surface area contributed by atoms with Crippen molar-refractivity contribution in [1.82, 2.24) is 4.90 Å². The van der Waals surface area contributed by atoms with E-state index >= 15 is 0 Å². The second-order valence-corrected chi connectivity index (χ2v) is 2.74. The standard InChI is InChI=1S/C8H11NO4/c1-2-13-8(12)9-5-3-4-6(9)7(10)11/h2,6H,1,3-5H2,(H,10,11). The number of amides is 1. The lowest BCUT2D eigenvalue weighted by atomic mass is 10.2. The number of aliphatic carboxylic acids is 1. The molecule has 0 aliphatic carbocycles. The number of carbonyl (C=O) groups is 2. The lowest BCUT2D eigenvalue weighted by Crippen LogP contribution is -2.40. The van der Waals surface area contributed by atoms with E-state index in [0.29, 0.717) is 19.4 Å². The minimum Gasteiger partial charge on any atom is -0.480 e. The Balaban J connectivity index is 2.62. The zero-order valence-electron chi connectivity index (χ0n) is 7.10. The van der Waals surface area contributed by atoms with E-state index in [1.807, 2.05) is 0 Å². The summed E-state index contributed by atoms with van der Waals surface area (Å²) in [6, 6.07) is -0.743. The molecule has 0 bridgehead atoms. The van der Waals surface area contributed by atoms with Gasteiger partial charge in [0.15, 0.2) is 0 Å². The van der Waals surface area contributed by atoms with Crippen LogP contribution in [-0.4, -0.2) is 34.7 Å². The molecule has 1 heterocycles. The number of rotatable bonds is 2. The van der Waals surface area contributed by atoms with Crippen molar-refractivity contribution in [2.24, 2.45) is 0 Å². The fourth-order valence-corrected chi connectivity index (χ4v) is 1.38. The van der Waals surface area contributed by atoms with E-state index in [1.165, 1.54) is 4.90 Å². The van der Waals surface area contributed by atoms with Crippen molar-refractivity contribution in [3.63, 3.8) is 0 Å². The number of ether oxygens (including phenoxy) is 1. The van der Waals surface area contributed by atoms with Crippen LogP contribution < -0.4 is 0 Å². The molecule has 1 aliphatic heterocycles. The number of hydrogen-bond donors (Lipinski definition) is 1. The fraction of sp³-hybridized carbons (Fsp3) is 0.500. The maximum Gasteiger partial charge on any atom is 0.415 e. The summed E-state index contributed by atoms with van der Waals surface area (Å²) in [5, 5.41) is 8.73. The highest BCUT2D eigenvalue weighted by Gasteiger charge is 2.34. The van der Waals surface area contributed by atoms with Crippen LogP contribution in [0.2, 0.25) is 0 Å². The van der Waals surface area contributed by atoms with E-state index in [2.05, 4.69) is 11.3 Å². The van der Waals surface area contributed by atoms with Crippen molar-refractivity contribution in [3.8, 4) is 0 Å². The lowest BCUT2D eigenvalue weighted by Gasteiger charge is -2.19. The van der Waals surface area contributed by atoms with Gasteiger partial charge in [0.25, 0.3) is 0 Å². The molecule has 0 spiro atoms. The molecule has 1 saturated heterocycles. The Hall–Kier alpha value is -1.52. The molecule has 13 heavy (non-hydrogen) atoms. The van der Waals surface area contributed by atoms with E-state index in [-0.39, 0.29) is 0 Å². The summed E-state index contributed by atoms with van der Waals surface area (Å²) in [6.07, 6.45) is 1.55. The van der Waals surface area contributed by atoms with Crippen LogP contribution in [0.15, 0.2) is 12.8 Å². The number of hydrogen-bond acceptors (Lipinski definition) is 3. The molecule has 1 N–H and O–H groups in total. The normalized spacial score (nSPS) is 21.2. The largest absolute Gasteiger partial charge is 0.480 e. The third kappa shape index (κ3) is 1.99. The second kappa shape index (κ2) is 3.93. The van der Waals surface area contributed by atoms with Gasteiger partial charge in [-0.1, -0.05) is 6.58 Å². The molecule has 1 fully saturated rings. The first-order chi connectivity index (χ1) is 6.16. The summed E-state index contributed by atoms with van der Waals surface area (Å²) in [6.45, 7) is 3.66. The Morgan fingerprint density at radius 3 is 2.85 bits per heavy atom. The van der Waals surface area contributed by atoms with Crippen molar-refractivity contribution in [1.29, 1.82) is 0 Å². The highest BCUT2D eigenvalue weighted by atomic mass is 16.5. The molecule has 0 aromatic rings. The molecule has 5 nitrogen and oxygen atoms in total. The smallest absolute Gasteiger partial charge is 0.415 e. The zero-order valence-corrected chi connectivity index (χ0v) is 7.10. The molecule has 1 rings (SSSR count). The SMILES string of the molecule is C=COC(=O)N1CCCC1C(=O)O. The monoisotopic (exact) mass is 185 g/mol. The fourth-order valence-electron chi connectivity index (χ4n) is 1.38. The molecule has 5 heteroatoms. The predicted molar refractivity (Wildman–Crippen MR) is 44.0 cm³/mol. The number of carbonyl (C=O) groups excluding carboxylic acids is 1. The average Bonchev–Trinajstić information content (AvgIpc) is 2.52. The van der Waals surface area contributed by atoms with Gasteiger partial charge in [0, 0.05) is 6.54 Å². The first-order valence-electron chi connectivity index (χ1n) is 3.97. The molecule has 0 aromatic heterocycles. The Bertz CT molecular complexity index is 238. The number of carboxylic acids is 1. The second-order valence-electron chi connectivity index (χ2n) is 2.74. The summed E-state index contributed by atoms with van der Waals surface area (Å²) in [4.78, 5) is 23.0. The molecular formula is C8H11NO4. The molecule has 1 aliphatic rings. The van der Waals surface area contributed by atoms with Gasteiger partial charge in [0.2, 0.25) is 0 Å². The Morgan fingerprint density at radius 1 is 1.62 bits per heavy atom. The van der Waals surface area contributed by atoms with Crippen LogP contribution in [0.1, 0.15) is 12.8 Å². The number of carboxylic acid groups (broad SMARTS) is 1. The van der Waals surface area contributed by atoms with Crippen molar-refractivity contribution in [2.75, 3.05) is 6.54 Å². The third-order valence-electron chi connectivity index (χ3n) is 1.96. The van der Waals surface area contributed by atoms with Gasteiger partial charge < -0.3 is 9.84 Å². The Morgan fingerprint density at radius 2 is 2.31 bits per heavy atom. The van der Waals surface area contributed by atoms with Crippen molar-refractivity contribution < 1.29 is 19.4 Å². The summed E-state index contributed by atoms with van der Waals surface area (Å²) >= 11 is 0. The lowest BCUT2D eigenvalue weighted by molar-refractivity contribution is -0.141. The van der Waals surface area contributed by atoms with Crippen LogP contribution in [0.25, 0.3) is 0 Å². The van der Waals surface area contributed by atoms with Crippen LogP contribution in [0.4, 0.5) is 4.79 Å². The minimum atomic E-state index is -0.987. The molecule has 0 aromatic carbocycles. The molecule has 1 unspecified atom stereocenters. The molecule has 72 valence electrons. The van der Waals surface area contributed by atoms with E-state index in [0.717, 1.165) is 6.26 Å². The van der Waals surface area contributed by atoms with Gasteiger partial charge in [0.05, 0.1) is 6.26 Å². The summed E-state index contributed by atoms with van der Waals surface area (Å²) in [7, 11) is 0. The van der Waals surface area contributed by atoms with E-state index in [9.17, 15) is 9.59 Å². The van der Waals surface area contributed by atoms with Gasteiger partial charge in [-0.25, -0.2) is 9.59 Å². The van der Waals surface area contributed by atoms with E-state index in [4.69, 9.17) is 5.11 Å². The van der Waals surface area contributed by atoms with Gasteiger partial charge in [-0.05, 0) is 12.8 Å². The van der Waals surface area contributed by atoms with Gasteiger partial charge in [-0.2, -0.15) is 0 Å². The molecule has 1 atom stereocenters. The molecular weight excluding hydrogens is 174 g/mol. The first-order valence-corrected chi connectivity index (χ1v) is 3.97. The van der Waals surface area contributed by atoms with Gasteiger partial charge in [0.1, 0.15) is 6.04 Å².